The molecule has 3 N–H and O–H groups in total. The Hall–Kier alpha value is -1.36. The minimum Gasteiger partial charge on any atom is -0.394 e. The fourth-order valence-electron chi connectivity index (χ4n) is 1.92. The number of aliphatic hydroxyl groups is 1. The van der Waals surface area contributed by atoms with Gasteiger partial charge in [0.2, 0.25) is 0 Å². The Labute approximate surface area is 114 Å². The lowest BCUT2D eigenvalue weighted by atomic mass is 10.00. The van der Waals surface area contributed by atoms with E-state index in [9.17, 15) is 9.90 Å². The summed E-state index contributed by atoms with van der Waals surface area (Å²) in [6.45, 7) is 8.23. The normalized spacial score (nSPS) is 14.4. The third-order valence-corrected chi connectivity index (χ3v) is 3.34. The van der Waals surface area contributed by atoms with Gasteiger partial charge >= 0.3 is 0 Å². The average molecular weight is 267 g/mol. The first-order valence-electron chi connectivity index (χ1n) is 6.93. The van der Waals surface area contributed by atoms with Gasteiger partial charge in [-0.1, -0.05) is 34.1 Å². The van der Waals surface area contributed by atoms with Crippen LogP contribution in [0.15, 0.2) is 6.07 Å². The minimum absolute atomic E-state index is 0.0516. The summed E-state index contributed by atoms with van der Waals surface area (Å²) >= 11 is 0. The number of hydrogen-bond donors (Lipinski definition) is 3. The van der Waals surface area contributed by atoms with E-state index in [1.807, 2.05) is 13.8 Å². The summed E-state index contributed by atoms with van der Waals surface area (Å²) in [6.07, 6.45) is 1.78. The first kappa shape index (κ1) is 15.7. The second-order valence-electron chi connectivity index (χ2n) is 5.52. The predicted molar refractivity (Wildman–Crippen MR) is 74.9 cm³/mol. The van der Waals surface area contributed by atoms with Crippen molar-refractivity contribution in [2.75, 3.05) is 6.61 Å². The van der Waals surface area contributed by atoms with Crippen LogP contribution in [-0.4, -0.2) is 33.9 Å². The minimum atomic E-state index is -0.231. The SMILES string of the molecule is CC[C@@H](C)[C@H](CO)NC(=O)c1cc(CC(C)C)[nH]n1. The van der Waals surface area contributed by atoms with Crippen LogP contribution < -0.4 is 5.32 Å². The molecule has 5 nitrogen and oxygen atoms in total. The average Bonchev–Trinajstić information content (AvgIpc) is 2.82. The number of hydrogen-bond acceptors (Lipinski definition) is 3. The third-order valence-electron chi connectivity index (χ3n) is 3.34. The Morgan fingerprint density at radius 2 is 2.16 bits per heavy atom. The molecule has 108 valence electrons. The smallest absolute Gasteiger partial charge is 0.272 e. The van der Waals surface area contributed by atoms with Crippen molar-refractivity contribution in [1.82, 2.24) is 15.5 Å². The topological polar surface area (TPSA) is 78.0 Å². The van der Waals surface area contributed by atoms with Crippen LogP contribution in [0.4, 0.5) is 0 Å². The molecule has 1 heterocycles. The Bertz CT molecular complexity index is 401. The zero-order valence-electron chi connectivity index (χ0n) is 12.2. The maximum absolute atomic E-state index is 12.0. The number of nitrogens with zero attached hydrogens (tertiary/aromatic N) is 1. The van der Waals surface area contributed by atoms with Gasteiger partial charge in [0.15, 0.2) is 0 Å². The molecule has 1 aromatic heterocycles. The number of amides is 1. The third kappa shape index (κ3) is 4.67. The molecule has 0 aliphatic heterocycles. The number of carbonyl (C=O) groups excluding carboxylic acids is 1. The molecule has 0 bridgehead atoms. The lowest BCUT2D eigenvalue weighted by Gasteiger charge is -2.21. The van der Waals surface area contributed by atoms with E-state index in [-0.39, 0.29) is 24.5 Å². The Kier molecular flexibility index (Phi) is 6.02. The van der Waals surface area contributed by atoms with Crippen molar-refractivity contribution in [3.63, 3.8) is 0 Å². The molecule has 0 aromatic carbocycles. The largest absolute Gasteiger partial charge is 0.394 e. The van der Waals surface area contributed by atoms with Crippen LogP contribution in [0.5, 0.6) is 0 Å². The van der Waals surface area contributed by atoms with Crippen molar-refractivity contribution in [3.05, 3.63) is 17.5 Å². The molecule has 0 aliphatic rings. The number of carbonyl (C=O) groups is 1. The van der Waals surface area contributed by atoms with E-state index < -0.39 is 0 Å². The summed E-state index contributed by atoms with van der Waals surface area (Å²) in [6, 6.07) is 1.56. The molecule has 0 radical (unpaired) electrons. The number of rotatable bonds is 7. The van der Waals surface area contributed by atoms with Crippen LogP contribution in [-0.2, 0) is 6.42 Å². The van der Waals surface area contributed by atoms with Crippen LogP contribution in [0.3, 0.4) is 0 Å². The van der Waals surface area contributed by atoms with Gasteiger partial charge in [-0.3, -0.25) is 9.89 Å². The fraction of sp³-hybridized carbons (Fsp3) is 0.714. The highest BCUT2D eigenvalue weighted by Crippen LogP contribution is 2.10. The number of aliphatic hydroxyl groups excluding tert-OH is 1. The molecule has 0 fully saturated rings. The van der Waals surface area contributed by atoms with Crippen molar-refractivity contribution < 1.29 is 9.90 Å². The van der Waals surface area contributed by atoms with E-state index >= 15 is 0 Å². The van der Waals surface area contributed by atoms with Gasteiger partial charge in [0, 0.05) is 5.69 Å². The highest BCUT2D eigenvalue weighted by Gasteiger charge is 2.19. The molecule has 0 aliphatic carbocycles. The Morgan fingerprint density at radius 3 is 2.68 bits per heavy atom. The van der Waals surface area contributed by atoms with Gasteiger partial charge in [-0.2, -0.15) is 5.10 Å². The van der Waals surface area contributed by atoms with E-state index in [4.69, 9.17) is 0 Å². The van der Waals surface area contributed by atoms with Crippen molar-refractivity contribution >= 4 is 5.91 Å². The number of aromatic amines is 1. The van der Waals surface area contributed by atoms with Crippen molar-refractivity contribution in [1.29, 1.82) is 0 Å². The highest BCUT2D eigenvalue weighted by atomic mass is 16.3. The molecule has 1 amide bonds. The standard InChI is InChI=1S/C14H25N3O2/c1-5-10(4)13(8-18)15-14(19)12-7-11(16-17-12)6-9(2)3/h7,9-10,13,18H,5-6,8H2,1-4H3,(H,15,19)(H,16,17)/t10-,13+/m1/s1. The van der Waals surface area contributed by atoms with Gasteiger partial charge in [-0.15, -0.1) is 0 Å². The van der Waals surface area contributed by atoms with Crippen LogP contribution in [0, 0.1) is 11.8 Å². The van der Waals surface area contributed by atoms with Gasteiger partial charge in [0.25, 0.3) is 5.91 Å². The molecule has 5 heteroatoms. The number of aromatic nitrogens is 2. The molecule has 1 aromatic rings. The Morgan fingerprint density at radius 1 is 1.47 bits per heavy atom. The number of H-pyrrole nitrogens is 1. The summed E-state index contributed by atoms with van der Waals surface area (Å²) in [7, 11) is 0. The summed E-state index contributed by atoms with van der Waals surface area (Å²) < 4.78 is 0. The zero-order valence-corrected chi connectivity index (χ0v) is 12.2. The fourth-order valence-corrected chi connectivity index (χ4v) is 1.92. The molecular formula is C14H25N3O2. The molecule has 0 spiro atoms. The van der Waals surface area contributed by atoms with E-state index in [0.717, 1.165) is 18.5 Å². The van der Waals surface area contributed by atoms with Gasteiger partial charge in [-0.25, -0.2) is 0 Å². The Balaban J connectivity index is 2.64. The second-order valence-corrected chi connectivity index (χ2v) is 5.52. The zero-order chi connectivity index (χ0) is 14.4. The maximum Gasteiger partial charge on any atom is 0.272 e. The quantitative estimate of drug-likeness (QED) is 0.704. The summed E-state index contributed by atoms with van der Waals surface area (Å²) in [5, 5.41) is 19.0. The maximum atomic E-state index is 12.0. The molecule has 0 saturated heterocycles. The van der Waals surface area contributed by atoms with Gasteiger partial charge < -0.3 is 10.4 Å². The van der Waals surface area contributed by atoms with Crippen molar-refractivity contribution in [2.45, 2.75) is 46.6 Å². The highest BCUT2D eigenvalue weighted by molar-refractivity contribution is 5.92. The van der Waals surface area contributed by atoms with Crippen molar-refractivity contribution in [3.8, 4) is 0 Å². The number of nitrogens with one attached hydrogen (secondary N) is 2. The van der Waals surface area contributed by atoms with E-state index in [1.165, 1.54) is 0 Å². The molecule has 1 rings (SSSR count). The molecule has 0 unspecified atom stereocenters. The van der Waals surface area contributed by atoms with Crippen LogP contribution in [0.25, 0.3) is 0 Å². The first-order chi connectivity index (χ1) is 8.97. The van der Waals surface area contributed by atoms with Crippen molar-refractivity contribution in [2.24, 2.45) is 11.8 Å². The molecular weight excluding hydrogens is 242 g/mol. The molecule has 0 saturated carbocycles. The first-order valence-corrected chi connectivity index (χ1v) is 6.93. The monoisotopic (exact) mass is 267 g/mol. The van der Waals surface area contributed by atoms with E-state index in [1.54, 1.807) is 6.07 Å². The predicted octanol–water partition coefficient (Wildman–Crippen LogP) is 1.75. The second kappa shape index (κ2) is 7.28. The summed E-state index contributed by atoms with van der Waals surface area (Å²) in [4.78, 5) is 12.0. The van der Waals surface area contributed by atoms with E-state index in [2.05, 4.69) is 29.4 Å². The van der Waals surface area contributed by atoms with Gasteiger partial charge in [0.1, 0.15) is 5.69 Å². The summed E-state index contributed by atoms with van der Waals surface area (Å²) in [5.41, 5.74) is 1.35. The lowest BCUT2D eigenvalue weighted by Crippen LogP contribution is -2.42. The van der Waals surface area contributed by atoms with Gasteiger partial charge in [-0.05, 0) is 24.3 Å². The van der Waals surface area contributed by atoms with Crippen LogP contribution in [0.1, 0.15) is 50.3 Å². The molecule has 19 heavy (non-hydrogen) atoms. The van der Waals surface area contributed by atoms with Crippen LogP contribution >= 0.6 is 0 Å². The molecule has 2 atom stereocenters. The van der Waals surface area contributed by atoms with Gasteiger partial charge in [0.05, 0.1) is 12.6 Å². The van der Waals surface area contributed by atoms with E-state index in [0.29, 0.717) is 11.6 Å². The lowest BCUT2D eigenvalue weighted by molar-refractivity contribution is 0.0886. The van der Waals surface area contributed by atoms with Crippen LogP contribution in [0.2, 0.25) is 0 Å². The summed E-state index contributed by atoms with van der Waals surface area (Å²) in [5.74, 6) is 0.523.